The summed E-state index contributed by atoms with van der Waals surface area (Å²) in [5.41, 5.74) is 6.77. The lowest BCUT2D eigenvalue weighted by Crippen LogP contribution is -2.43. The third-order valence-corrected chi connectivity index (χ3v) is 8.05. The first kappa shape index (κ1) is 23.8. The highest BCUT2D eigenvalue weighted by Crippen LogP contribution is 2.31. The van der Waals surface area contributed by atoms with E-state index < -0.39 is 15.9 Å². The van der Waals surface area contributed by atoms with Crippen LogP contribution in [0.15, 0.2) is 35.4 Å². The van der Waals surface area contributed by atoms with E-state index in [0.717, 1.165) is 5.56 Å². The minimum absolute atomic E-state index is 0.00352. The fraction of sp³-hybridized carbons (Fsp3) is 0.409. The summed E-state index contributed by atoms with van der Waals surface area (Å²) in [7, 11) is -2.24. The fourth-order valence-corrected chi connectivity index (χ4v) is 5.75. The maximum absolute atomic E-state index is 13.0. The van der Waals surface area contributed by atoms with Gasteiger partial charge in [-0.2, -0.15) is 4.31 Å². The molecule has 1 atom stereocenters. The van der Waals surface area contributed by atoms with Crippen LogP contribution in [0, 0.1) is 5.92 Å². The van der Waals surface area contributed by atoms with Gasteiger partial charge in [0.25, 0.3) is 11.8 Å². The molecule has 0 radical (unpaired) electrons. The number of hydrogen-bond acceptors (Lipinski definition) is 6. The van der Waals surface area contributed by atoms with Gasteiger partial charge in [0, 0.05) is 32.3 Å². The number of hydrogen-bond donors (Lipinski definition) is 3. The van der Waals surface area contributed by atoms with Gasteiger partial charge in [-0.25, -0.2) is 8.42 Å². The van der Waals surface area contributed by atoms with Crippen LogP contribution in [0.3, 0.4) is 0 Å². The lowest BCUT2D eigenvalue weighted by molar-refractivity contribution is -0.126. The minimum Gasteiger partial charge on any atom is -0.482 e. The van der Waals surface area contributed by atoms with Crippen LogP contribution in [0.4, 0.5) is 5.69 Å². The van der Waals surface area contributed by atoms with Crippen molar-refractivity contribution in [3.8, 4) is 5.75 Å². The number of rotatable bonds is 6. The first-order valence-electron chi connectivity index (χ1n) is 10.9. The number of amides is 3. The number of carbonyl (C=O) groups excluding carboxylic acids is 3. The molecule has 3 heterocycles. The molecular formula is C22H27N5O6S. The SMILES string of the molecule is CC(NC(=O)C1CCN(S(=O)(=O)c2cc(C(N)=O)n(C)c2)CC1)c1ccc2c(c1)NC(=O)CO2. The number of piperidine rings is 1. The topological polar surface area (TPSA) is 153 Å². The van der Waals surface area contributed by atoms with Crippen LogP contribution < -0.4 is 21.1 Å². The molecule has 2 aromatic rings. The molecule has 0 aliphatic carbocycles. The van der Waals surface area contributed by atoms with Crippen LogP contribution in [-0.4, -0.2) is 54.7 Å². The summed E-state index contributed by atoms with van der Waals surface area (Å²) in [6, 6.07) is 6.31. The first-order chi connectivity index (χ1) is 16.1. The molecule has 1 aromatic heterocycles. The maximum Gasteiger partial charge on any atom is 0.265 e. The summed E-state index contributed by atoms with van der Waals surface area (Å²) in [6.45, 7) is 2.20. The zero-order valence-electron chi connectivity index (χ0n) is 18.9. The van der Waals surface area contributed by atoms with Gasteiger partial charge in [0.1, 0.15) is 16.3 Å². The Hall–Kier alpha value is -3.38. The van der Waals surface area contributed by atoms with E-state index in [4.69, 9.17) is 10.5 Å². The third-order valence-electron chi connectivity index (χ3n) is 6.19. The third kappa shape index (κ3) is 4.64. The molecule has 34 heavy (non-hydrogen) atoms. The van der Waals surface area contributed by atoms with Crippen LogP contribution >= 0.6 is 0 Å². The van der Waals surface area contributed by atoms with Crippen LogP contribution in [0.1, 0.15) is 41.9 Å². The van der Waals surface area contributed by atoms with E-state index in [0.29, 0.717) is 24.3 Å². The number of sulfonamides is 1. The van der Waals surface area contributed by atoms with Crippen molar-refractivity contribution in [2.45, 2.75) is 30.7 Å². The summed E-state index contributed by atoms with van der Waals surface area (Å²) in [4.78, 5) is 35.9. The first-order valence-corrected chi connectivity index (χ1v) is 12.3. The summed E-state index contributed by atoms with van der Waals surface area (Å²) in [6.07, 6.45) is 2.12. The molecule has 11 nitrogen and oxygen atoms in total. The van der Waals surface area contributed by atoms with Gasteiger partial charge in [-0.3, -0.25) is 14.4 Å². The van der Waals surface area contributed by atoms with Gasteiger partial charge in [-0.1, -0.05) is 6.07 Å². The van der Waals surface area contributed by atoms with Gasteiger partial charge in [0.2, 0.25) is 15.9 Å². The molecule has 0 spiro atoms. The Kier molecular flexibility index (Phi) is 6.36. The molecule has 2 aliphatic rings. The van der Waals surface area contributed by atoms with Crippen LogP contribution in [0.2, 0.25) is 0 Å². The van der Waals surface area contributed by atoms with Crippen LogP contribution in [0.25, 0.3) is 0 Å². The number of ether oxygens (including phenoxy) is 1. The Bertz CT molecular complexity index is 1250. The van der Waals surface area contributed by atoms with Crippen molar-refractivity contribution in [2.75, 3.05) is 25.0 Å². The van der Waals surface area contributed by atoms with Crippen molar-refractivity contribution in [1.82, 2.24) is 14.2 Å². The molecule has 2 aliphatic heterocycles. The Morgan fingerprint density at radius 1 is 1.24 bits per heavy atom. The Labute approximate surface area is 197 Å². The van der Waals surface area contributed by atoms with Gasteiger partial charge in [0.05, 0.1) is 11.7 Å². The number of aromatic nitrogens is 1. The minimum atomic E-state index is -3.80. The number of aryl methyl sites for hydroxylation is 1. The van der Waals surface area contributed by atoms with Gasteiger partial charge in [-0.05, 0) is 43.5 Å². The number of carbonyl (C=O) groups is 3. The standard InChI is InChI=1S/C22H27N5O6S/c1-13(15-3-4-19-17(9-15)25-20(28)12-33-19)24-22(30)14-5-7-27(8-6-14)34(31,32)16-10-18(21(23)29)26(2)11-16/h3-4,9-11,13-14H,5-8,12H2,1-2H3,(H2,23,29)(H,24,30)(H,25,28). The molecule has 12 heteroatoms. The summed E-state index contributed by atoms with van der Waals surface area (Å²) < 4.78 is 34.0. The molecule has 3 amide bonds. The molecule has 0 saturated carbocycles. The number of primary amides is 1. The second-order valence-electron chi connectivity index (χ2n) is 8.54. The highest BCUT2D eigenvalue weighted by molar-refractivity contribution is 7.89. The lowest BCUT2D eigenvalue weighted by atomic mass is 9.96. The van der Waals surface area contributed by atoms with Gasteiger partial charge in [-0.15, -0.1) is 0 Å². The largest absolute Gasteiger partial charge is 0.482 e. The highest BCUT2D eigenvalue weighted by Gasteiger charge is 2.33. The molecule has 0 bridgehead atoms. The molecule has 1 unspecified atom stereocenters. The monoisotopic (exact) mass is 489 g/mol. The second-order valence-corrected chi connectivity index (χ2v) is 10.5. The Balaban J connectivity index is 1.36. The maximum atomic E-state index is 13.0. The van der Waals surface area contributed by atoms with Crippen molar-refractivity contribution >= 4 is 33.4 Å². The van der Waals surface area contributed by atoms with Crippen molar-refractivity contribution in [1.29, 1.82) is 0 Å². The predicted octanol–water partition coefficient (Wildman–Crippen LogP) is 0.733. The average molecular weight is 490 g/mol. The number of nitrogens with zero attached hydrogens (tertiary/aromatic N) is 2. The fourth-order valence-electron chi connectivity index (χ4n) is 4.21. The molecule has 182 valence electrons. The molecule has 1 saturated heterocycles. The molecule has 4 N–H and O–H groups in total. The zero-order valence-corrected chi connectivity index (χ0v) is 19.7. The summed E-state index contributed by atoms with van der Waals surface area (Å²) in [5.74, 6) is -0.840. The summed E-state index contributed by atoms with van der Waals surface area (Å²) in [5, 5.41) is 5.73. The van der Waals surface area contributed by atoms with Crippen LogP contribution in [0.5, 0.6) is 5.75 Å². The normalized spacial score (nSPS) is 17.9. The van der Waals surface area contributed by atoms with E-state index in [1.54, 1.807) is 19.2 Å². The van der Waals surface area contributed by atoms with Crippen molar-refractivity contribution < 1.29 is 27.5 Å². The Morgan fingerprint density at radius 3 is 2.59 bits per heavy atom. The molecule has 1 aromatic carbocycles. The average Bonchev–Trinajstić information content (AvgIpc) is 3.21. The van der Waals surface area contributed by atoms with Crippen LogP contribution in [-0.2, 0) is 26.7 Å². The number of anilines is 1. The van der Waals surface area contributed by atoms with E-state index in [2.05, 4.69) is 10.6 Å². The number of fused-ring (bicyclic) bond motifs is 1. The van der Waals surface area contributed by atoms with E-state index in [9.17, 15) is 22.8 Å². The molecular weight excluding hydrogens is 462 g/mol. The number of nitrogens with one attached hydrogen (secondary N) is 2. The zero-order chi connectivity index (χ0) is 24.6. The summed E-state index contributed by atoms with van der Waals surface area (Å²) >= 11 is 0. The van der Waals surface area contributed by atoms with Gasteiger partial charge >= 0.3 is 0 Å². The van der Waals surface area contributed by atoms with Crippen molar-refractivity contribution in [2.24, 2.45) is 18.7 Å². The Morgan fingerprint density at radius 2 is 1.94 bits per heavy atom. The molecule has 4 rings (SSSR count). The molecule has 1 fully saturated rings. The lowest BCUT2D eigenvalue weighted by Gasteiger charge is -2.31. The quantitative estimate of drug-likeness (QED) is 0.544. The van der Waals surface area contributed by atoms with Gasteiger partial charge < -0.3 is 25.7 Å². The van der Waals surface area contributed by atoms with E-state index in [1.165, 1.54) is 21.1 Å². The van der Waals surface area contributed by atoms with Crippen molar-refractivity contribution in [3.05, 3.63) is 41.7 Å². The second kappa shape index (κ2) is 9.11. The van der Waals surface area contributed by atoms with E-state index in [1.807, 2.05) is 13.0 Å². The number of nitrogens with two attached hydrogens (primary N) is 1. The smallest absolute Gasteiger partial charge is 0.265 e. The van der Waals surface area contributed by atoms with E-state index in [-0.39, 0.29) is 54.1 Å². The van der Waals surface area contributed by atoms with Gasteiger partial charge in [0.15, 0.2) is 6.61 Å². The van der Waals surface area contributed by atoms with E-state index >= 15 is 0 Å². The number of benzene rings is 1. The highest BCUT2D eigenvalue weighted by atomic mass is 32.2. The van der Waals surface area contributed by atoms with Crippen molar-refractivity contribution in [3.63, 3.8) is 0 Å². The predicted molar refractivity (Wildman–Crippen MR) is 123 cm³/mol.